The first-order valence-corrected chi connectivity index (χ1v) is 12.9. The van der Waals surface area contributed by atoms with Crippen LogP contribution in [0.15, 0.2) is 61.2 Å². The second-order valence-electron chi connectivity index (χ2n) is 9.64. The molecule has 2 atom stereocenters. The van der Waals surface area contributed by atoms with Crippen LogP contribution in [0.2, 0.25) is 0 Å². The molecule has 1 aliphatic rings. The Hall–Kier alpha value is -5.25. The molecule has 3 aromatic carbocycles. The molecule has 0 radical (unpaired) electrons. The zero-order valence-electron chi connectivity index (χ0n) is 23.6. The van der Waals surface area contributed by atoms with Crippen molar-refractivity contribution >= 4 is 35.4 Å². The van der Waals surface area contributed by atoms with Crippen LogP contribution in [-0.2, 0) is 24.0 Å². The highest BCUT2D eigenvalue weighted by Gasteiger charge is 2.41. The smallest absolute Gasteiger partial charge is 0.308 e. The Morgan fingerprint density at radius 3 is 1.45 bits per heavy atom. The van der Waals surface area contributed by atoms with Gasteiger partial charge in [0.05, 0.1) is 0 Å². The quantitative estimate of drug-likeness (QED) is 0.273. The van der Waals surface area contributed by atoms with Crippen LogP contribution in [0, 0.1) is 0 Å². The molecule has 10 heteroatoms. The van der Waals surface area contributed by atoms with Crippen molar-refractivity contribution in [3.8, 4) is 28.7 Å². The Balaban J connectivity index is 1.98. The normalized spacial score (nSPS) is 15.3. The average Bonchev–Trinajstić information content (AvgIpc) is 3.15. The van der Waals surface area contributed by atoms with Crippen molar-refractivity contribution in [1.29, 1.82) is 0 Å². The van der Waals surface area contributed by atoms with Gasteiger partial charge in [-0.2, -0.15) is 0 Å². The van der Waals surface area contributed by atoms with Crippen molar-refractivity contribution in [3.63, 3.8) is 0 Å². The lowest BCUT2D eigenvalue weighted by atomic mass is 9.80. The highest BCUT2D eigenvalue weighted by molar-refractivity contribution is 5.85. The summed E-state index contributed by atoms with van der Waals surface area (Å²) < 4.78 is 26.8. The van der Waals surface area contributed by atoms with Crippen molar-refractivity contribution < 1.29 is 47.7 Å². The van der Waals surface area contributed by atoms with Gasteiger partial charge in [-0.15, -0.1) is 0 Å². The van der Waals surface area contributed by atoms with Gasteiger partial charge in [-0.3, -0.25) is 24.0 Å². The maximum Gasteiger partial charge on any atom is 0.308 e. The molecule has 0 saturated carbocycles. The molecule has 216 valence electrons. The first-order valence-electron chi connectivity index (χ1n) is 12.9. The molecule has 0 bridgehead atoms. The minimum absolute atomic E-state index is 0.143. The maximum atomic E-state index is 12.2. The summed E-state index contributed by atoms with van der Waals surface area (Å²) in [7, 11) is 0. The third kappa shape index (κ3) is 6.72. The van der Waals surface area contributed by atoms with Gasteiger partial charge >= 0.3 is 29.8 Å². The van der Waals surface area contributed by atoms with Crippen molar-refractivity contribution in [1.82, 2.24) is 0 Å². The molecule has 0 heterocycles. The molecule has 0 unspecified atom stereocenters. The molecule has 42 heavy (non-hydrogen) atoms. The minimum Gasteiger partial charge on any atom is -0.427 e. The van der Waals surface area contributed by atoms with E-state index in [0.717, 1.165) is 5.56 Å². The van der Waals surface area contributed by atoms with E-state index in [0.29, 0.717) is 28.0 Å². The van der Waals surface area contributed by atoms with E-state index in [1.54, 1.807) is 42.5 Å². The van der Waals surface area contributed by atoms with Gasteiger partial charge < -0.3 is 23.7 Å². The predicted molar refractivity (Wildman–Crippen MR) is 149 cm³/mol. The monoisotopic (exact) mass is 572 g/mol. The lowest BCUT2D eigenvalue weighted by Crippen LogP contribution is -2.12. The van der Waals surface area contributed by atoms with Crippen LogP contribution in [0.25, 0.3) is 5.57 Å². The molecule has 4 rings (SSSR count). The molecule has 0 aromatic heterocycles. The fourth-order valence-electron chi connectivity index (χ4n) is 5.07. The molecule has 0 aliphatic heterocycles. The number of hydrogen-bond acceptors (Lipinski definition) is 10. The van der Waals surface area contributed by atoms with E-state index in [1.807, 2.05) is 0 Å². The molecule has 1 aliphatic carbocycles. The van der Waals surface area contributed by atoms with Crippen LogP contribution >= 0.6 is 0 Å². The van der Waals surface area contributed by atoms with Crippen LogP contribution in [-0.4, -0.2) is 29.8 Å². The van der Waals surface area contributed by atoms with Crippen molar-refractivity contribution in [3.05, 3.63) is 83.4 Å². The average molecular weight is 573 g/mol. The Morgan fingerprint density at radius 2 is 0.976 bits per heavy atom. The fourth-order valence-corrected chi connectivity index (χ4v) is 5.07. The largest absolute Gasteiger partial charge is 0.427 e. The summed E-state index contributed by atoms with van der Waals surface area (Å²) in [5.41, 5.74) is 3.02. The summed E-state index contributed by atoms with van der Waals surface area (Å²) in [6, 6.07) is 14.6. The molecule has 3 aromatic rings. The van der Waals surface area contributed by atoms with Gasteiger partial charge in [-0.05, 0) is 52.6 Å². The van der Waals surface area contributed by atoms with E-state index in [9.17, 15) is 24.0 Å². The number of carbonyl (C=O) groups is 5. The summed E-state index contributed by atoms with van der Waals surface area (Å²) in [5, 5.41) is 0. The topological polar surface area (TPSA) is 132 Å². The van der Waals surface area contributed by atoms with Crippen LogP contribution < -0.4 is 23.7 Å². The lowest BCUT2D eigenvalue weighted by molar-refractivity contribution is -0.133. The number of esters is 5. The fraction of sp³-hybridized carbons (Fsp3) is 0.219. The van der Waals surface area contributed by atoms with E-state index in [-0.39, 0.29) is 23.0 Å². The van der Waals surface area contributed by atoms with Crippen molar-refractivity contribution in [2.75, 3.05) is 0 Å². The number of benzene rings is 3. The van der Waals surface area contributed by atoms with E-state index >= 15 is 0 Å². The summed E-state index contributed by atoms with van der Waals surface area (Å²) in [4.78, 5) is 59.1. The van der Waals surface area contributed by atoms with E-state index in [4.69, 9.17) is 23.7 Å². The van der Waals surface area contributed by atoms with Gasteiger partial charge in [0, 0.05) is 64.2 Å². The summed E-state index contributed by atoms with van der Waals surface area (Å²) >= 11 is 0. The molecular formula is C32H28O10. The number of fused-ring (bicyclic) bond motifs is 1. The van der Waals surface area contributed by atoms with Gasteiger partial charge in [-0.1, -0.05) is 18.7 Å². The first kappa shape index (κ1) is 29.7. The van der Waals surface area contributed by atoms with Crippen molar-refractivity contribution in [2.45, 2.75) is 46.5 Å². The Kier molecular flexibility index (Phi) is 8.56. The highest BCUT2D eigenvalue weighted by atomic mass is 16.6. The molecule has 0 amide bonds. The Labute approximate surface area is 241 Å². The zero-order chi connectivity index (χ0) is 30.7. The zero-order valence-corrected chi connectivity index (χ0v) is 23.6. The molecule has 0 fully saturated rings. The third-order valence-electron chi connectivity index (χ3n) is 6.28. The minimum atomic E-state index is -0.593. The second kappa shape index (κ2) is 12.1. The van der Waals surface area contributed by atoms with Gasteiger partial charge in [-0.25, -0.2) is 0 Å². The number of allylic oxidation sites excluding steroid dienone is 1. The molecular weight excluding hydrogens is 544 g/mol. The number of hydrogen-bond donors (Lipinski definition) is 0. The SMILES string of the molecule is C=C1c2cc(OC(C)=O)cc(OC(C)=O)c2[C@@H](c2ccc(OC(C)=O)cc2)[C@@H]1c1cc(OC(C)=O)cc(OC(C)=O)c1. The van der Waals surface area contributed by atoms with Crippen LogP contribution in [0.5, 0.6) is 28.7 Å². The third-order valence-corrected chi connectivity index (χ3v) is 6.28. The van der Waals surface area contributed by atoms with Gasteiger partial charge in [0.15, 0.2) is 0 Å². The van der Waals surface area contributed by atoms with Gasteiger partial charge in [0.25, 0.3) is 0 Å². The van der Waals surface area contributed by atoms with Gasteiger partial charge in [0.1, 0.15) is 28.7 Å². The van der Waals surface area contributed by atoms with Crippen LogP contribution in [0.3, 0.4) is 0 Å². The summed E-state index contributed by atoms with van der Waals surface area (Å²) in [6.07, 6.45) is 0. The van der Waals surface area contributed by atoms with Crippen molar-refractivity contribution in [2.24, 2.45) is 0 Å². The standard InChI is InChI=1S/C32H28O10/c1-16-28-14-27(41-20(5)36)15-29(42-21(6)37)32(28)31(22-7-9-24(10-8-22)38-17(2)33)30(16)23-11-25(39-18(3)34)13-26(12-23)40-19(4)35/h7-15,30-31H,1H2,2-6H3/t30-,31-/m0/s1. The van der Waals surface area contributed by atoms with Gasteiger partial charge in [0.2, 0.25) is 0 Å². The van der Waals surface area contributed by atoms with Crippen LogP contribution in [0.1, 0.15) is 68.7 Å². The summed E-state index contributed by atoms with van der Waals surface area (Å²) in [5.74, 6) is -2.97. The lowest BCUT2D eigenvalue weighted by Gasteiger charge is -2.24. The number of rotatable bonds is 7. The number of carbonyl (C=O) groups excluding carboxylic acids is 5. The second-order valence-corrected chi connectivity index (χ2v) is 9.64. The van der Waals surface area contributed by atoms with E-state index in [1.165, 1.54) is 46.8 Å². The molecule has 10 nitrogen and oxygen atoms in total. The van der Waals surface area contributed by atoms with E-state index < -0.39 is 41.7 Å². The van der Waals surface area contributed by atoms with E-state index in [2.05, 4.69) is 6.58 Å². The Morgan fingerprint density at radius 1 is 0.524 bits per heavy atom. The Bertz CT molecular complexity index is 1580. The molecule has 0 N–H and O–H groups in total. The number of ether oxygens (including phenoxy) is 5. The maximum absolute atomic E-state index is 12.2. The highest BCUT2D eigenvalue weighted by Crippen LogP contribution is 2.58. The van der Waals surface area contributed by atoms with Crippen LogP contribution in [0.4, 0.5) is 0 Å². The predicted octanol–water partition coefficient (Wildman–Crippen LogP) is 5.26. The molecule has 0 spiro atoms. The first-order chi connectivity index (χ1) is 19.8. The summed E-state index contributed by atoms with van der Waals surface area (Å²) in [6.45, 7) is 10.6. The molecule has 0 saturated heterocycles.